The molecule has 29 heavy (non-hydrogen) atoms. The Morgan fingerprint density at radius 2 is 1.79 bits per heavy atom. The summed E-state index contributed by atoms with van der Waals surface area (Å²) in [5.41, 5.74) is 7.15. The largest absolute Gasteiger partial charge is 0.343 e. The minimum Gasteiger partial charge on any atom is -0.343 e. The van der Waals surface area contributed by atoms with Crippen molar-refractivity contribution in [1.29, 1.82) is 0 Å². The molecule has 0 spiro atoms. The van der Waals surface area contributed by atoms with Crippen molar-refractivity contribution in [3.05, 3.63) is 64.2 Å². The topological polar surface area (TPSA) is 36.4 Å². The molecule has 0 unspecified atom stereocenters. The maximum Gasteiger partial charge on any atom is 0.236 e. The van der Waals surface area contributed by atoms with Crippen LogP contribution in [-0.2, 0) is 24.2 Å². The van der Waals surface area contributed by atoms with E-state index in [0.717, 1.165) is 59.8 Å². The maximum atomic E-state index is 12.2. The summed E-state index contributed by atoms with van der Waals surface area (Å²) in [4.78, 5) is 21.3. The second-order valence-electron chi connectivity index (χ2n) is 8.20. The van der Waals surface area contributed by atoms with Gasteiger partial charge in [-0.05, 0) is 66.3 Å². The lowest BCUT2D eigenvalue weighted by Gasteiger charge is -2.32. The molecule has 1 amide bonds. The van der Waals surface area contributed by atoms with Crippen LogP contribution in [0.4, 0.5) is 0 Å². The number of aromatic nitrogens is 1. The van der Waals surface area contributed by atoms with Crippen molar-refractivity contribution in [3.63, 3.8) is 0 Å². The van der Waals surface area contributed by atoms with E-state index in [-0.39, 0.29) is 5.91 Å². The summed E-state index contributed by atoms with van der Waals surface area (Å²) in [5, 5.41) is 1.91. The predicted octanol–water partition coefficient (Wildman–Crippen LogP) is 4.32. The number of hydrogen-bond donors (Lipinski definition) is 0. The number of halogens is 1. The fraction of sp³-hybridized carbons (Fsp3) is 0.333. The van der Waals surface area contributed by atoms with E-state index in [1.54, 1.807) is 4.90 Å². The second kappa shape index (κ2) is 7.43. The third kappa shape index (κ3) is 3.63. The van der Waals surface area contributed by atoms with Crippen LogP contribution in [0.3, 0.4) is 0 Å². The summed E-state index contributed by atoms with van der Waals surface area (Å²) in [6.07, 6.45) is 3.53. The fourth-order valence-electron chi connectivity index (χ4n) is 4.45. The number of pyridine rings is 1. The van der Waals surface area contributed by atoms with Crippen LogP contribution in [0.2, 0.25) is 5.02 Å². The van der Waals surface area contributed by atoms with Gasteiger partial charge in [0.05, 0.1) is 17.8 Å². The minimum absolute atomic E-state index is 0.177. The summed E-state index contributed by atoms with van der Waals surface area (Å²) in [6, 6.07) is 14.7. The Morgan fingerprint density at radius 1 is 1.03 bits per heavy atom. The lowest BCUT2D eigenvalue weighted by atomic mass is 10.00. The average Bonchev–Trinajstić information content (AvgIpc) is 3.16. The lowest BCUT2D eigenvalue weighted by molar-refractivity contribution is -0.134. The number of carbonyl (C=O) groups is 1. The highest BCUT2D eigenvalue weighted by Gasteiger charge is 2.23. The van der Waals surface area contributed by atoms with E-state index in [2.05, 4.69) is 23.1 Å². The third-order valence-corrected chi connectivity index (χ3v) is 6.41. The van der Waals surface area contributed by atoms with E-state index in [4.69, 9.17) is 16.6 Å². The summed E-state index contributed by atoms with van der Waals surface area (Å²) in [6.45, 7) is 2.82. The van der Waals surface area contributed by atoms with Crippen LogP contribution in [-0.4, -0.2) is 47.4 Å². The lowest BCUT2D eigenvalue weighted by Crippen LogP contribution is -2.48. The van der Waals surface area contributed by atoms with E-state index in [0.29, 0.717) is 6.54 Å². The molecule has 3 aromatic rings. The number of piperazine rings is 1. The first-order valence-corrected chi connectivity index (χ1v) is 10.6. The molecule has 1 fully saturated rings. The Labute approximate surface area is 176 Å². The summed E-state index contributed by atoms with van der Waals surface area (Å²) in [5.74, 6) is 0.177. The maximum absolute atomic E-state index is 12.2. The zero-order chi connectivity index (χ0) is 20.0. The molecule has 1 aromatic heterocycles. The van der Waals surface area contributed by atoms with Crippen LogP contribution in [0.1, 0.15) is 23.1 Å². The molecule has 2 heterocycles. The van der Waals surface area contributed by atoms with Gasteiger partial charge in [0.2, 0.25) is 5.91 Å². The molecule has 4 nitrogen and oxygen atoms in total. The number of benzene rings is 2. The Kier molecular flexibility index (Phi) is 4.76. The highest BCUT2D eigenvalue weighted by atomic mass is 35.5. The average molecular weight is 406 g/mol. The van der Waals surface area contributed by atoms with E-state index in [1.807, 2.05) is 31.3 Å². The van der Waals surface area contributed by atoms with Gasteiger partial charge in [0.25, 0.3) is 0 Å². The highest BCUT2D eigenvalue weighted by molar-refractivity contribution is 6.30. The van der Waals surface area contributed by atoms with Crippen LogP contribution in [0.15, 0.2) is 42.5 Å². The Hall–Kier alpha value is -2.43. The summed E-state index contributed by atoms with van der Waals surface area (Å²) >= 11 is 6.11. The zero-order valence-corrected chi connectivity index (χ0v) is 17.4. The van der Waals surface area contributed by atoms with Gasteiger partial charge in [0, 0.05) is 42.7 Å². The van der Waals surface area contributed by atoms with Crippen molar-refractivity contribution >= 4 is 28.4 Å². The molecule has 0 saturated carbocycles. The number of aryl methyl sites for hydroxylation is 2. The minimum atomic E-state index is 0.177. The molecule has 1 aliphatic heterocycles. The van der Waals surface area contributed by atoms with Crippen LogP contribution in [0.5, 0.6) is 0 Å². The van der Waals surface area contributed by atoms with Crippen molar-refractivity contribution in [2.45, 2.75) is 25.8 Å². The normalized spacial score (nSPS) is 17.2. The number of likely N-dealkylation sites (N-methyl/N-ethyl adjacent to an activating group) is 1. The third-order valence-electron chi connectivity index (χ3n) is 6.16. The molecule has 5 heteroatoms. The highest BCUT2D eigenvalue weighted by Crippen LogP contribution is 2.32. The first-order valence-electron chi connectivity index (χ1n) is 10.2. The number of hydrogen-bond acceptors (Lipinski definition) is 3. The molecule has 1 aliphatic carbocycles. The van der Waals surface area contributed by atoms with Gasteiger partial charge in [-0.25, -0.2) is 4.98 Å². The number of carbonyl (C=O) groups excluding carboxylic acids is 1. The molecule has 0 bridgehead atoms. The monoisotopic (exact) mass is 405 g/mol. The van der Waals surface area contributed by atoms with Gasteiger partial charge in [-0.1, -0.05) is 23.7 Å². The number of nitrogens with zero attached hydrogens (tertiary/aromatic N) is 3. The van der Waals surface area contributed by atoms with Gasteiger partial charge in [0.15, 0.2) is 0 Å². The molecule has 0 N–H and O–H groups in total. The molecule has 1 saturated heterocycles. The summed E-state index contributed by atoms with van der Waals surface area (Å²) in [7, 11) is 1.87. The molecular weight excluding hydrogens is 382 g/mol. The van der Waals surface area contributed by atoms with E-state index >= 15 is 0 Å². The standard InChI is InChI=1S/C24H24ClN3O/c1-27-9-10-28(15-23(27)29)14-20-12-19-11-17-3-2-4-18(17)13-22(19)26-24(20)16-5-7-21(25)8-6-16/h5-8,11-13H,2-4,9-10,14-15H2,1H3. The van der Waals surface area contributed by atoms with Crippen LogP contribution in [0.25, 0.3) is 22.2 Å². The number of fused-ring (bicyclic) bond motifs is 2. The van der Waals surface area contributed by atoms with Crippen LogP contribution >= 0.6 is 11.6 Å². The number of rotatable bonds is 3. The number of amides is 1. The Bertz CT molecular complexity index is 1090. The molecular formula is C24H24ClN3O. The van der Waals surface area contributed by atoms with Gasteiger partial charge >= 0.3 is 0 Å². The van der Waals surface area contributed by atoms with Gasteiger partial charge in [0.1, 0.15) is 0 Å². The molecule has 2 aliphatic rings. The molecule has 2 aromatic carbocycles. The smallest absolute Gasteiger partial charge is 0.236 e. The fourth-order valence-corrected chi connectivity index (χ4v) is 4.58. The van der Waals surface area contributed by atoms with Crippen molar-refractivity contribution < 1.29 is 4.79 Å². The molecule has 0 radical (unpaired) electrons. The quantitative estimate of drug-likeness (QED) is 0.651. The van der Waals surface area contributed by atoms with Gasteiger partial charge < -0.3 is 4.90 Å². The predicted molar refractivity (Wildman–Crippen MR) is 117 cm³/mol. The van der Waals surface area contributed by atoms with Gasteiger partial charge in [-0.3, -0.25) is 9.69 Å². The van der Waals surface area contributed by atoms with Gasteiger partial charge in [-0.15, -0.1) is 0 Å². The first kappa shape index (κ1) is 18.6. The Morgan fingerprint density at radius 3 is 2.55 bits per heavy atom. The van der Waals surface area contributed by atoms with E-state index < -0.39 is 0 Å². The van der Waals surface area contributed by atoms with E-state index in [1.165, 1.54) is 22.9 Å². The summed E-state index contributed by atoms with van der Waals surface area (Å²) < 4.78 is 0. The zero-order valence-electron chi connectivity index (χ0n) is 16.6. The van der Waals surface area contributed by atoms with Crippen LogP contribution < -0.4 is 0 Å². The van der Waals surface area contributed by atoms with Crippen molar-refractivity contribution in [2.24, 2.45) is 0 Å². The molecule has 5 rings (SSSR count). The van der Waals surface area contributed by atoms with Crippen molar-refractivity contribution in [2.75, 3.05) is 26.7 Å². The molecule has 148 valence electrons. The second-order valence-corrected chi connectivity index (χ2v) is 8.63. The Balaban J connectivity index is 1.59. The van der Waals surface area contributed by atoms with Crippen molar-refractivity contribution in [3.8, 4) is 11.3 Å². The van der Waals surface area contributed by atoms with E-state index in [9.17, 15) is 4.79 Å². The molecule has 0 atom stereocenters. The van der Waals surface area contributed by atoms with Crippen LogP contribution in [0, 0.1) is 0 Å². The first-order chi connectivity index (χ1) is 14.1. The van der Waals surface area contributed by atoms with Gasteiger partial charge in [-0.2, -0.15) is 0 Å². The van der Waals surface area contributed by atoms with Crippen molar-refractivity contribution in [1.82, 2.24) is 14.8 Å². The SMILES string of the molecule is CN1CCN(Cc2cc3cc4c(cc3nc2-c2ccc(Cl)cc2)CCC4)CC1=O.